The molecule has 0 aliphatic rings. The first-order chi connectivity index (χ1) is 9.21. The molecule has 102 valence electrons. The number of methoxy groups -OCH3 is 2. The zero-order chi connectivity index (χ0) is 13.8. The van der Waals surface area contributed by atoms with E-state index in [1.165, 1.54) is 26.7 Å². The number of nitrogens with two attached hydrogens (primary N) is 1. The smallest absolute Gasteiger partial charge is 0.240 e. The molecule has 19 heavy (non-hydrogen) atoms. The fraction of sp³-hybridized carbons (Fsp3) is 0.273. The molecule has 3 N–H and O–H groups in total. The predicted octanol–water partition coefficient (Wildman–Crippen LogP) is 1.29. The largest absolute Gasteiger partial charge is 0.480 e. The lowest BCUT2D eigenvalue weighted by Gasteiger charge is -2.16. The molecule has 2 aromatic rings. The average Bonchev–Trinajstić information content (AvgIpc) is 2.86. The average molecular weight is 285 g/mol. The monoisotopic (exact) mass is 284 g/mol. The normalized spacial score (nSPS) is 12.2. The van der Waals surface area contributed by atoms with Gasteiger partial charge in [-0.3, -0.25) is 5.84 Å². The Morgan fingerprint density at radius 3 is 2.74 bits per heavy atom. The molecule has 0 bridgehead atoms. The summed E-state index contributed by atoms with van der Waals surface area (Å²) in [7, 11) is 2.98. The molecule has 0 aliphatic carbocycles. The maximum Gasteiger partial charge on any atom is 0.240 e. The van der Waals surface area contributed by atoms with Gasteiger partial charge < -0.3 is 13.9 Å². The van der Waals surface area contributed by atoms with Gasteiger partial charge in [0.05, 0.1) is 32.7 Å². The third-order valence-corrected chi connectivity index (χ3v) is 2.85. The van der Waals surface area contributed by atoms with Gasteiger partial charge in [0.1, 0.15) is 5.69 Å². The van der Waals surface area contributed by atoms with Crippen molar-refractivity contribution >= 4 is 11.6 Å². The van der Waals surface area contributed by atoms with Crippen molar-refractivity contribution in [3.05, 3.63) is 35.0 Å². The molecule has 1 atom stereocenters. The number of nitrogens with zero attached hydrogens (tertiary/aromatic N) is 2. The maximum atomic E-state index is 5.94. The Morgan fingerprint density at radius 1 is 1.42 bits per heavy atom. The van der Waals surface area contributed by atoms with Crippen LogP contribution in [0.1, 0.15) is 17.3 Å². The van der Waals surface area contributed by atoms with Crippen LogP contribution in [0.25, 0.3) is 0 Å². The van der Waals surface area contributed by atoms with E-state index in [1.807, 2.05) is 0 Å². The highest BCUT2D eigenvalue weighted by Crippen LogP contribution is 2.32. The van der Waals surface area contributed by atoms with E-state index in [2.05, 4.69) is 15.4 Å². The molecule has 1 unspecified atom stereocenters. The number of furan rings is 1. The van der Waals surface area contributed by atoms with Gasteiger partial charge in [0, 0.05) is 5.56 Å². The predicted molar refractivity (Wildman–Crippen MR) is 68.0 cm³/mol. The summed E-state index contributed by atoms with van der Waals surface area (Å²) in [5.41, 5.74) is 3.73. The van der Waals surface area contributed by atoms with Crippen LogP contribution in [0.2, 0.25) is 5.22 Å². The van der Waals surface area contributed by atoms with Crippen molar-refractivity contribution in [2.75, 3.05) is 14.2 Å². The summed E-state index contributed by atoms with van der Waals surface area (Å²) in [6.07, 6.45) is 2.93. The number of rotatable bonds is 5. The first-order valence-electron chi connectivity index (χ1n) is 5.35. The summed E-state index contributed by atoms with van der Waals surface area (Å²) in [5.74, 6) is 6.19. The fourth-order valence-electron chi connectivity index (χ4n) is 1.64. The zero-order valence-electron chi connectivity index (χ0n) is 10.4. The van der Waals surface area contributed by atoms with Crippen molar-refractivity contribution in [3.63, 3.8) is 0 Å². The van der Waals surface area contributed by atoms with E-state index < -0.39 is 6.04 Å². The molecule has 0 aromatic carbocycles. The van der Waals surface area contributed by atoms with Gasteiger partial charge in [0.15, 0.2) is 5.22 Å². The SMILES string of the molecule is COc1cnc(C(NN)c2ccoc2Cl)c(OC)n1. The van der Waals surface area contributed by atoms with E-state index in [-0.39, 0.29) is 5.22 Å². The molecule has 2 heterocycles. The van der Waals surface area contributed by atoms with Crippen LogP contribution < -0.4 is 20.7 Å². The standard InChI is InChI=1S/C11H13ClN4O3/c1-17-7-5-14-9(11(15-7)18-2)8(16-13)6-3-4-19-10(6)12/h3-5,8,16H,13H2,1-2H3. The molecule has 2 rings (SSSR count). The zero-order valence-corrected chi connectivity index (χ0v) is 11.1. The Morgan fingerprint density at radius 2 is 2.21 bits per heavy atom. The Bertz CT molecular complexity index is 561. The third kappa shape index (κ3) is 2.62. The van der Waals surface area contributed by atoms with Crippen LogP contribution in [0.4, 0.5) is 0 Å². The Kier molecular flexibility index (Phi) is 4.20. The number of hydrogen-bond acceptors (Lipinski definition) is 7. The van der Waals surface area contributed by atoms with Gasteiger partial charge in [0.25, 0.3) is 0 Å². The molecule has 7 nitrogen and oxygen atoms in total. The first-order valence-corrected chi connectivity index (χ1v) is 5.73. The van der Waals surface area contributed by atoms with Crippen LogP contribution in [-0.4, -0.2) is 24.2 Å². The highest BCUT2D eigenvalue weighted by Gasteiger charge is 2.24. The van der Waals surface area contributed by atoms with Crippen LogP contribution in [-0.2, 0) is 0 Å². The molecule has 2 aromatic heterocycles. The van der Waals surface area contributed by atoms with E-state index in [1.54, 1.807) is 6.07 Å². The van der Waals surface area contributed by atoms with Crippen molar-refractivity contribution in [2.45, 2.75) is 6.04 Å². The minimum Gasteiger partial charge on any atom is -0.480 e. The van der Waals surface area contributed by atoms with Gasteiger partial charge in [-0.25, -0.2) is 10.4 Å². The van der Waals surface area contributed by atoms with Crippen LogP contribution >= 0.6 is 11.6 Å². The summed E-state index contributed by atoms with van der Waals surface area (Å²) in [6, 6.07) is 1.19. The van der Waals surface area contributed by atoms with Crippen LogP contribution in [0.15, 0.2) is 22.9 Å². The minimum absolute atomic E-state index is 0.225. The lowest BCUT2D eigenvalue weighted by Crippen LogP contribution is -2.30. The van der Waals surface area contributed by atoms with Gasteiger partial charge in [0.2, 0.25) is 11.8 Å². The van der Waals surface area contributed by atoms with Crippen molar-refractivity contribution in [1.82, 2.24) is 15.4 Å². The summed E-state index contributed by atoms with van der Waals surface area (Å²) in [5, 5.41) is 0.225. The number of nitrogens with one attached hydrogen (secondary N) is 1. The summed E-state index contributed by atoms with van der Waals surface area (Å²) >= 11 is 5.94. The fourth-order valence-corrected chi connectivity index (χ4v) is 1.86. The van der Waals surface area contributed by atoms with E-state index >= 15 is 0 Å². The molecule has 0 fully saturated rings. The first kappa shape index (κ1) is 13.6. The van der Waals surface area contributed by atoms with Crippen molar-refractivity contribution in [1.29, 1.82) is 0 Å². The lowest BCUT2D eigenvalue weighted by atomic mass is 10.1. The summed E-state index contributed by atoms with van der Waals surface area (Å²) in [6.45, 7) is 0. The second-order valence-corrected chi connectivity index (χ2v) is 3.90. The molecular weight excluding hydrogens is 272 g/mol. The molecule has 8 heteroatoms. The van der Waals surface area contributed by atoms with Gasteiger partial charge in [-0.15, -0.1) is 0 Å². The van der Waals surface area contributed by atoms with Gasteiger partial charge >= 0.3 is 0 Å². The molecule has 0 radical (unpaired) electrons. The van der Waals surface area contributed by atoms with Crippen molar-refractivity contribution in [2.24, 2.45) is 5.84 Å². The van der Waals surface area contributed by atoms with E-state index in [9.17, 15) is 0 Å². The molecule has 0 spiro atoms. The number of halogens is 1. The van der Waals surface area contributed by atoms with E-state index in [4.69, 9.17) is 31.3 Å². The third-order valence-electron chi connectivity index (χ3n) is 2.54. The maximum absolute atomic E-state index is 5.94. The molecule has 0 amide bonds. The van der Waals surface area contributed by atoms with Crippen LogP contribution in [0, 0.1) is 0 Å². The Balaban J connectivity index is 2.46. The van der Waals surface area contributed by atoms with E-state index in [0.29, 0.717) is 23.0 Å². The van der Waals surface area contributed by atoms with Gasteiger partial charge in [-0.2, -0.15) is 4.98 Å². The molecule has 0 saturated heterocycles. The van der Waals surface area contributed by atoms with Gasteiger partial charge in [-0.05, 0) is 17.7 Å². The van der Waals surface area contributed by atoms with Crippen LogP contribution in [0.5, 0.6) is 11.8 Å². The van der Waals surface area contributed by atoms with E-state index in [0.717, 1.165) is 0 Å². The lowest BCUT2D eigenvalue weighted by molar-refractivity contribution is 0.352. The van der Waals surface area contributed by atoms with Crippen molar-refractivity contribution < 1.29 is 13.9 Å². The molecular formula is C11H13ClN4O3. The minimum atomic E-state index is -0.500. The molecule has 0 saturated carbocycles. The van der Waals surface area contributed by atoms with Crippen molar-refractivity contribution in [3.8, 4) is 11.8 Å². The molecule has 0 aliphatic heterocycles. The highest BCUT2D eigenvalue weighted by molar-refractivity contribution is 6.29. The quantitative estimate of drug-likeness (QED) is 0.631. The summed E-state index contributed by atoms with van der Waals surface area (Å²) in [4.78, 5) is 8.38. The highest BCUT2D eigenvalue weighted by atomic mass is 35.5. The topological polar surface area (TPSA) is 95.4 Å². The second-order valence-electron chi connectivity index (χ2n) is 3.56. The number of ether oxygens (including phenoxy) is 2. The Hall–Kier alpha value is -1.83. The van der Waals surface area contributed by atoms with Crippen LogP contribution in [0.3, 0.4) is 0 Å². The number of aromatic nitrogens is 2. The number of hydrogen-bond donors (Lipinski definition) is 2. The number of hydrazine groups is 1. The summed E-state index contributed by atoms with van der Waals surface area (Å²) < 4.78 is 15.2. The second kappa shape index (κ2) is 5.87. The Labute approximate surface area is 114 Å². The van der Waals surface area contributed by atoms with Gasteiger partial charge in [-0.1, -0.05) is 0 Å².